The SMILES string of the molecule is Cc1ccc(C(=O)/C=C/c2ccc(Oc3ccc(Br)cc3)cc2)cc1. The molecule has 0 saturated carbocycles. The molecule has 124 valence electrons. The molecule has 0 aromatic heterocycles. The molecule has 3 aromatic rings. The van der Waals surface area contributed by atoms with Gasteiger partial charge in [-0.1, -0.05) is 64.0 Å². The van der Waals surface area contributed by atoms with Crippen molar-refractivity contribution in [3.8, 4) is 11.5 Å². The number of hydrogen-bond donors (Lipinski definition) is 0. The summed E-state index contributed by atoms with van der Waals surface area (Å²) in [5.74, 6) is 1.53. The molecule has 0 saturated heterocycles. The van der Waals surface area contributed by atoms with Gasteiger partial charge in [-0.25, -0.2) is 0 Å². The van der Waals surface area contributed by atoms with E-state index in [1.807, 2.05) is 85.8 Å². The van der Waals surface area contributed by atoms with E-state index < -0.39 is 0 Å². The summed E-state index contributed by atoms with van der Waals surface area (Å²) in [4.78, 5) is 12.1. The van der Waals surface area contributed by atoms with E-state index >= 15 is 0 Å². The largest absolute Gasteiger partial charge is 0.457 e. The molecule has 0 spiro atoms. The van der Waals surface area contributed by atoms with Gasteiger partial charge in [-0.2, -0.15) is 0 Å². The van der Waals surface area contributed by atoms with Crippen molar-refractivity contribution in [2.45, 2.75) is 6.92 Å². The van der Waals surface area contributed by atoms with Crippen LogP contribution >= 0.6 is 15.9 Å². The predicted molar refractivity (Wildman–Crippen MR) is 105 cm³/mol. The van der Waals surface area contributed by atoms with Gasteiger partial charge in [0, 0.05) is 10.0 Å². The number of benzene rings is 3. The first kappa shape index (κ1) is 17.2. The molecule has 0 atom stereocenters. The zero-order valence-electron chi connectivity index (χ0n) is 13.8. The van der Waals surface area contributed by atoms with Crippen LogP contribution in [-0.2, 0) is 0 Å². The molecule has 0 aliphatic carbocycles. The van der Waals surface area contributed by atoms with Gasteiger partial charge in [-0.3, -0.25) is 4.79 Å². The van der Waals surface area contributed by atoms with E-state index in [2.05, 4.69) is 15.9 Å². The van der Waals surface area contributed by atoms with Gasteiger partial charge in [0.2, 0.25) is 0 Å². The van der Waals surface area contributed by atoms with E-state index in [1.54, 1.807) is 6.08 Å². The lowest BCUT2D eigenvalue weighted by Gasteiger charge is -2.05. The van der Waals surface area contributed by atoms with Crippen LogP contribution in [-0.4, -0.2) is 5.78 Å². The summed E-state index contributed by atoms with van der Waals surface area (Å²) >= 11 is 3.40. The van der Waals surface area contributed by atoms with E-state index in [0.717, 1.165) is 27.1 Å². The number of rotatable bonds is 5. The lowest BCUT2D eigenvalue weighted by molar-refractivity contribution is 0.104. The highest BCUT2D eigenvalue weighted by Crippen LogP contribution is 2.23. The Labute approximate surface area is 155 Å². The van der Waals surface area contributed by atoms with Gasteiger partial charge >= 0.3 is 0 Å². The van der Waals surface area contributed by atoms with Crippen LogP contribution in [0.25, 0.3) is 6.08 Å². The van der Waals surface area contributed by atoms with Gasteiger partial charge in [-0.05, 0) is 55.0 Å². The Bertz CT molecular complexity index is 877. The van der Waals surface area contributed by atoms with Gasteiger partial charge in [0.05, 0.1) is 0 Å². The van der Waals surface area contributed by atoms with Gasteiger partial charge in [0.25, 0.3) is 0 Å². The highest BCUT2D eigenvalue weighted by molar-refractivity contribution is 9.10. The van der Waals surface area contributed by atoms with Crippen molar-refractivity contribution in [3.05, 3.63) is 100 Å². The fourth-order valence-electron chi connectivity index (χ4n) is 2.27. The van der Waals surface area contributed by atoms with E-state index in [4.69, 9.17) is 4.74 Å². The molecule has 0 N–H and O–H groups in total. The molecule has 3 heteroatoms. The van der Waals surface area contributed by atoms with Crippen molar-refractivity contribution in [3.63, 3.8) is 0 Å². The third-order valence-electron chi connectivity index (χ3n) is 3.69. The summed E-state index contributed by atoms with van der Waals surface area (Å²) in [7, 11) is 0. The lowest BCUT2D eigenvalue weighted by Crippen LogP contribution is -1.93. The first-order valence-corrected chi connectivity index (χ1v) is 8.72. The van der Waals surface area contributed by atoms with Crippen LogP contribution in [0.5, 0.6) is 11.5 Å². The normalized spacial score (nSPS) is 10.8. The van der Waals surface area contributed by atoms with Crippen molar-refractivity contribution in [1.29, 1.82) is 0 Å². The zero-order chi connectivity index (χ0) is 17.6. The smallest absolute Gasteiger partial charge is 0.185 e. The first-order valence-electron chi connectivity index (χ1n) is 7.93. The zero-order valence-corrected chi connectivity index (χ0v) is 15.4. The van der Waals surface area contributed by atoms with E-state index in [1.165, 1.54) is 0 Å². The molecular weight excluding hydrogens is 376 g/mol. The molecule has 0 aliphatic heterocycles. The molecule has 0 aliphatic rings. The van der Waals surface area contributed by atoms with Gasteiger partial charge in [-0.15, -0.1) is 0 Å². The van der Waals surface area contributed by atoms with Crippen LogP contribution in [0.2, 0.25) is 0 Å². The van der Waals surface area contributed by atoms with Crippen molar-refractivity contribution < 1.29 is 9.53 Å². The minimum Gasteiger partial charge on any atom is -0.457 e. The second-order valence-corrected chi connectivity index (χ2v) is 6.60. The second kappa shape index (κ2) is 7.95. The Balaban J connectivity index is 1.64. The number of ketones is 1. The molecule has 0 radical (unpaired) electrons. The fourth-order valence-corrected chi connectivity index (χ4v) is 2.54. The highest BCUT2D eigenvalue weighted by atomic mass is 79.9. The average Bonchev–Trinajstić information content (AvgIpc) is 2.63. The standard InChI is InChI=1S/C22H17BrO2/c1-16-2-7-18(8-3-16)22(24)15-6-17-4-11-20(12-5-17)25-21-13-9-19(23)10-14-21/h2-15H,1H3/b15-6+. The summed E-state index contributed by atoms with van der Waals surface area (Å²) in [6.45, 7) is 2.00. The molecule has 0 fully saturated rings. The molecule has 3 aromatic carbocycles. The van der Waals surface area contributed by atoms with Gasteiger partial charge in [0.1, 0.15) is 11.5 Å². The molecule has 0 heterocycles. The Morgan fingerprint density at radius 2 is 1.40 bits per heavy atom. The third-order valence-corrected chi connectivity index (χ3v) is 4.22. The summed E-state index contributed by atoms with van der Waals surface area (Å²) in [5.41, 5.74) is 2.78. The Hall–Kier alpha value is -2.65. The van der Waals surface area contributed by atoms with Crippen LogP contribution in [0.15, 0.2) is 83.3 Å². The maximum Gasteiger partial charge on any atom is 0.185 e. The Morgan fingerprint density at radius 3 is 2.00 bits per heavy atom. The summed E-state index contributed by atoms with van der Waals surface area (Å²) in [5, 5.41) is 0. The fraction of sp³-hybridized carbons (Fsp3) is 0.0455. The van der Waals surface area contributed by atoms with Crippen LogP contribution in [0, 0.1) is 6.92 Å². The Morgan fingerprint density at radius 1 is 0.840 bits per heavy atom. The summed E-state index contributed by atoms with van der Waals surface area (Å²) < 4.78 is 6.80. The highest BCUT2D eigenvalue weighted by Gasteiger charge is 2.01. The molecule has 0 bridgehead atoms. The third kappa shape index (κ3) is 4.91. The molecular formula is C22H17BrO2. The van der Waals surface area contributed by atoms with Crippen molar-refractivity contribution in [2.24, 2.45) is 0 Å². The molecule has 0 unspecified atom stereocenters. The number of hydrogen-bond acceptors (Lipinski definition) is 2. The number of aryl methyl sites for hydroxylation is 1. The molecule has 3 rings (SSSR count). The summed E-state index contributed by atoms with van der Waals surface area (Å²) in [6.07, 6.45) is 3.40. The maximum atomic E-state index is 12.1. The quantitative estimate of drug-likeness (QED) is 0.368. The molecule has 2 nitrogen and oxygen atoms in total. The van der Waals surface area contributed by atoms with Crippen LogP contribution < -0.4 is 4.74 Å². The minimum absolute atomic E-state index is 0.00445. The number of ether oxygens (including phenoxy) is 1. The molecule has 0 amide bonds. The monoisotopic (exact) mass is 392 g/mol. The van der Waals surface area contributed by atoms with Crippen LogP contribution in [0.1, 0.15) is 21.5 Å². The van der Waals surface area contributed by atoms with Crippen LogP contribution in [0.4, 0.5) is 0 Å². The minimum atomic E-state index is -0.00445. The van der Waals surface area contributed by atoms with Gasteiger partial charge in [0.15, 0.2) is 5.78 Å². The van der Waals surface area contributed by atoms with Crippen molar-refractivity contribution in [1.82, 2.24) is 0 Å². The first-order chi connectivity index (χ1) is 12.1. The number of carbonyl (C=O) groups excluding carboxylic acids is 1. The molecule has 25 heavy (non-hydrogen) atoms. The van der Waals surface area contributed by atoms with E-state index in [9.17, 15) is 4.79 Å². The van der Waals surface area contributed by atoms with E-state index in [0.29, 0.717) is 5.56 Å². The topological polar surface area (TPSA) is 26.3 Å². The number of halogens is 1. The predicted octanol–water partition coefficient (Wildman–Crippen LogP) is 6.45. The average molecular weight is 393 g/mol. The van der Waals surface area contributed by atoms with Crippen LogP contribution in [0.3, 0.4) is 0 Å². The van der Waals surface area contributed by atoms with Gasteiger partial charge < -0.3 is 4.74 Å². The van der Waals surface area contributed by atoms with Crippen molar-refractivity contribution >= 4 is 27.8 Å². The van der Waals surface area contributed by atoms with Crippen molar-refractivity contribution in [2.75, 3.05) is 0 Å². The van der Waals surface area contributed by atoms with E-state index in [-0.39, 0.29) is 5.78 Å². The Kier molecular flexibility index (Phi) is 5.46. The second-order valence-electron chi connectivity index (χ2n) is 5.69. The maximum absolute atomic E-state index is 12.1. The summed E-state index contributed by atoms with van der Waals surface area (Å²) in [6, 6.07) is 22.9. The number of carbonyl (C=O) groups is 1. The lowest BCUT2D eigenvalue weighted by atomic mass is 10.1. The number of allylic oxidation sites excluding steroid dienone is 1.